The summed E-state index contributed by atoms with van der Waals surface area (Å²) in [5, 5.41) is 9.55. The Morgan fingerprint density at radius 1 is 1.21 bits per heavy atom. The molecule has 2 aliphatic heterocycles. The van der Waals surface area contributed by atoms with E-state index < -0.39 is 0 Å². The first-order valence-corrected chi connectivity index (χ1v) is 12.5. The molecule has 1 unspecified atom stereocenters. The van der Waals surface area contributed by atoms with Crippen molar-refractivity contribution in [3.05, 3.63) is 65.2 Å². The van der Waals surface area contributed by atoms with E-state index in [0.717, 1.165) is 43.8 Å². The number of carbonyl (C=O) groups excluding carboxylic acids is 1. The van der Waals surface area contributed by atoms with Crippen molar-refractivity contribution in [3.63, 3.8) is 0 Å². The lowest BCUT2D eigenvalue weighted by Crippen LogP contribution is -2.60. The van der Waals surface area contributed by atoms with Crippen molar-refractivity contribution in [2.24, 2.45) is 0 Å². The van der Waals surface area contributed by atoms with E-state index in [0.29, 0.717) is 25.1 Å². The molecule has 2 aromatic rings. The number of carbonyl (C=O) groups is 1. The maximum atomic E-state index is 13.2. The second-order valence-corrected chi connectivity index (χ2v) is 10.0. The van der Waals surface area contributed by atoms with Gasteiger partial charge in [-0.3, -0.25) is 9.69 Å². The summed E-state index contributed by atoms with van der Waals surface area (Å²) in [6.07, 6.45) is 2.37. The zero-order valence-corrected chi connectivity index (χ0v) is 20.7. The quantitative estimate of drug-likeness (QED) is 0.657. The number of nitrogens with zero attached hydrogens (tertiary/aromatic N) is 2. The van der Waals surface area contributed by atoms with Crippen molar-refractivity contribution in [1.29, 1.82) is 0 Å². The fraction of sp³-hybridized carbons (Fsp3) is 0.536. The number of rotatable bonds is 7. The molecule has 0 bridgehead atoms. The molecule has 6 nitrogen and oxygen atoms in total. The summed E-state index contributed by atoms with van der Waals surface area (Å²) in [7, 11) is 0. The molecule has 0 radical (unpaired) electrons. The normalized spacial score (nSPS) is 20.6. The minimum Gasteiger partial charge on any atom is -0.491 e. The van der Waals surface area contributed by atoms with Gasteiger partial charge in [0.25, 0.3) is 5.91 Å². The molecule has 2 aromatic carbocycles. The van der Waals surface area contributed by atoms with Gasteiger partial charge in [0.1, 0.15) is 5.75 Å². The summed E-state index contributed by atoms with van der Waals surface area (Å²) in [5.41, 5.74) is 2.70. The predicted octanol–water partition coefficient (Wildman–Crippen LogP) is 4.29. The van der Waals surface area contributed by atoms with Crippen molar-refractivity contribution >= 4 is 5.91 Å². The summed E-state index contributed by atoms with van der Waals surface area (Å²) in [6.45, 7) is 10.0. The first-order valence-electron chi connectivity index (χ1n) is 12.5. The molecule has 2 aliphatic rings. The average molecular weight is 469 g/mol. The van der Waals surface area contributed by atoms with Gasteiger partial charge in [0.05, 0.1) is 17.8 Å². The molecule has 1 amide bonds. The highest BCUT2D eigenvalue weighted by atomic mass is 16.5. The Bertz CT molecular complexity index is 961. The number of likely N-dealkylation sites (tertiary alicyclic amines) is 1. The number of aliphatic hydroxyl groups is 1. The van der Waals surface area contributed by atoms with E-state index in [1.807, 2.05) is 49.9 Å². The van der Waals surface area contributed by atoms with Crippen LogP contribution in [0.3, 0.4) is 0 Å². The molecule has 6 heteroatoms. The Morgan fingerprint density at radius 2 is 1.94 bits per heavy atom. The van der Waals surface area contributed by atoms with Crippen LogP contribution in [0.5, 0.6) is 5.75 Å². The van der Waals surface area contributed by atoms with Crippen molar-refractivity contribution in [3.8, 4) is 5.75 Å². The molecule has 2 saturated heterocycles. The molecule has 0 aliphatic carbocycles. The van der Waals surface area contributed by atoms with Crippen molar-refractivity contribution in [2.75, 3.05) is 32.8 Å². The Kier molecular flexibility index (Phi) is 7.91. The summed E-state index contributed by atoms with van der Waals surface area (Å²) >= 11 is 0. The van der Waals surface area contributed by atoms with Gasteiger partial charge in [-0.1, -0.05) is 30.3 Å². The Hall–Kier alpha value is -2.41. The molecule has 1 N–H and O–H groups in total. The third-order valence-electron chi connectivity index (χ3n) is 6.84. The van der Waals surface area contributed by atoms with Crippen LogP contribution in [0.4, 0.5) is 0 Å². The third-order valence-corrected chi connectivity index (χ3v) is 6.84. The monoisotopic (exact) mass is 468 g/mol. The smallest absolute Gasteiger partial charge is 0.253 e. The second-order valence-electron chi connectivity index (χ2n) is 10.0. The number of aliphatic hydroxyl groups excluding tert-OH is 1. The zero-order valence-electron chi connectivity index (χ0n) is 20.7. The summed E-state index contributed by atoms with van der Waals surface area (Å²) in [4.78, 5) is 17.6. The SMILES string of the molecule is Cc1cc(C(=O)N2CCC3(CC2)CN(Cc2ccccc2)CC(CCO)O3)ccc1OC(C)C.[HH]. The van der Waals surface area contributed by atoms with Crippen LogP contribution in [0.2, 0.25) is 0 Å². The Balaban J connectivity index is 0.00000342. The van der Waals surface area contributed by atoms with E-state index in [1.54, 1.807) is 0 Å². The molecule has 0 saturated carbocycles. The first-order chi connectivity index (χ1) is 16.4. The lowest BCUT2D eigenvalue weighted by molar-refractivity contribution is -0.178. The van der Waals surface area contributed by atoms with E-state index in [1.165, 1.54) is 5.56 Å². The van der Waals surface area contributed by atoms with Gasteiger partial charge in [-0.25, -0.2) is 0 Å². The molecule has 2 fully saturated rings. The van der Waals surface area contributed by atoms with Crippen LogP contribution in [0.1, 0.15) is 56.0 Å². The van der Waals surface area contributed by atoms with Gasteiger partial charge in [-0.2, -0.15) is 0 Å². The summed E-state index contributed by atoms with van der Waals surface area (Å²) < 4.78 is 12.4. The topological polar surface area (TPSA) is 62.2 Å². The molecular weight excluding hydrogens is 428 g/mol. The van der Waals surface area contributed by atoms with E-state index >= 15 is 0 Å². The van der Waals surface area contributed by atoms with Crippen LogP contribution in [0, 0.1) is 6.92 Å². The molecule has 0 aromatic heterocycles. The van der Waals surface area contributed by atoms with E-state index in [4.69, 9.17) is 9.47 Å². The maximum absolute atomic E-state index is 13.2. The number of amides is 1. The molecule has 186 valence electrons. The van der Waals surface area contributed by atoms with Crippen molar-refractivity contribution in [1.82, 2.24) is 9.80 Å². The minimum absolute atomic E-state index is 0. The maximum Gasteiger partial charge on any atom is 0.253 e. The van der Waals surface area contributed by atoms with Crippen LogP contribution in [0.15, 0.2) is 48.5 Å². The van der Waals surface area contributed by atoms with Gasteiger partial charge in [-0.05, 0) is 69.4 Å². The van der Waals surface area contributed by atoms with Gasteiger partial charge in [0.15, 0.2) is 0 Å². The number of ether oxygens (including phenoxy) is 2. The third kappa shape index (κ3) is 5.98. The minimum atomic E-state index is -0.269. The lowest BCUT2D eigenvalue weighted by Gasteiger charge is -2.50. The molecule has 4 rings (SSSR count). The van der Waals surface area contributed by atoms with Crippen LogP contribution in [-0.2, 0) is 11.3 Å². The molecule has 1 atom stereocenters. The number of aryl methyl sites for hydroxylation is 1. The fourth-order valence-electron chi connectivity index (χ4n) is 5.19. The Morgan fingerprint density at radius 3 is 2.59 bits per heavy atom. The second kappa shape index (κ2) is 10.9. The van der Waals surface area contributed by atoms with E-state index in [2.05, 4.69) is 29.2 Å². The average Bonchev–Trinajstić information content (AvgIpc) is 2.81. The molecular formula is C28H40N2O4. The van der Waals surface area contributed by atoms with Gasteiger partial charge >= 0.3 is 0 Å². The highest BCUT2D eigenvalue weighted by Gasteiger charge is 2.43. The highest BCUT2D eigenvalue weighted by Crippen LogP contribution is 2.34. The summed E-state index contributed by atoms with van der Waals surface area (Å²) in [5.74, 6) is 0.895. The number of hydrogen-bond donors (Lipinski definition) is 1. The van der Waals surface area contributed by atoms with Gasteiger partial charge < -0.3 is 19.5 Å². The van der Waals surface area contributed by atoms with Crippen LogP contribution >= 0.6 is 0 Å². The summed E-state index contributed by atoms with van der Waals surface area (Å²) in [6, 6.07) is 16.2. The lowest BCUT2D eigenvalue weighted by atomic mass is 9.87. The fourth-order valence-corrected chi connectivity index (χ4v) is 5.19. The van der Waals surface area contributed by atoms with Crippen LogP contribution in [0.25, 0.3) is 0 Å². The molecule has 1 spiro atoms. The van der Waals surface area contributed by atoms with Gasteiger partial charge in [0.2, 0.25) is 0 Å². The van der Waals surface area contributed by atoms with Crippen LogP contribution < -0.4 is 4.74 Å². The number of hydrogen-bond acceptors (Lipinski definition) is 5. The predicted molar refractivity (Wildman–Crippen MR) is 135 cm³/mol. The molecule has 2 heterocycles. The largest absolute Gasteiger partial charge is 0.491 e. The Labute approximate surface area is 205 Å². The van der Waals surface area contributed by atoms with Crippen molar-refractivity contribution < 1.29 is 20.8 Å². The molecule has 34 heavy (non-hydrogen) atoms. The van der Waals surface area contributed by atoms with E-state index in [9.17, 15) is 9.90 Å². The zero-order chi connectivity index (χ0) is 24.1. The number of piperidine rings is 1. The van der Waals surface area contributed by atoms with E-state index in [-0.39, 0.29) is 31.7 Å². The highest BCUT2D eigenvalue weighted by molar-refractivity contribution is 5.94. The van der Waals surface area contributed by atoms with Gasteiger partial charge in [-0.15, -0.1) is 0 Å². The van der Waals surface area contributed by atoms with Crippen LogP contribution in [-0.4, -0.2) is 71.4 Å². The first kappa shape index (κ1) is 24.7. The standard InChI is InChI=1S/C28H38N2O4.H2/c1-21(2)33-26-10-9-24(17-22(26)3)27(32)30-14-12-28(13-15-30)20-29(19-25(34-28)11-16-31)18-23-7-5-4-6-8-23;/h4-10,17,21,25,31H,11-16,18-20H2,1-3H3;1H. The van der Waals surface area contributed by atoms with Crippen molar-refractivity contribution in [2.45, 2.75) is 64.4 Å². The number of morpholine rings is 1. The number of benzene rings is 2. The van der Waals surface area contributed by atoms with Gasteiger partial charge in [0, 0.05) is 46.3 Å².